The van der Waals surface area contributed by atoms with Crippen molar-refractivity contribution in [2.24, 2.45) is 0 Å². The van der Waals surface area contributed by atoms with Gasteiger partial charge in [-0.15, -0.1) is 0 Å². The number of Topliss-reactive ketones (excluding diaryl/α,β-unsaturated/α-hetero) is 2. The molecule has 0 saturated heterocycles. The van der Waals surface area contributed by atoms with Crippen LogP contribution in [0.2, 0.25) is 0 Å². The van der Waals surface area contributed by atoms with Crippen LogP contribution in [0.1, 0.15) is 147 Å². The molecule has 12 heteroatoms. The molecule has 0 atom stereocenters. The second-order valence-corrected chi connectivity index (χ2v) is 16.2. The van der Waals surface area contributed by atoms with Gasteiger partial charge in [0.05, 0.1) is 11.1 Å². The second kappa shape index (κ2) is 15.5. The summed E-state index contributed by atoms with van der Waals surface area (Å²) in [6.45, 7) is 10.3. The molecular formula is C44H52N2O10. The standard InChI is InChI=1S/C44H52N2O10/c1-19(2)27-25-17-21(5)29(35(47)31(25)33(39(51)37(27)49)41(53)43(55)45-23-13-9-7-10-14-23)30-22(6)18-26-28(20(3)4)38(50)40(52)34(32(26)36(30)48)42(54)44(56)46-24-15-11-8-12-16-24/h17-20,23-24,47-52H,7-16H2,1-6H3,(H,45,55)(H,46,56). The van der Waals surface area contributed by atoms with Crippen molar-refractivity contribution in [3.8, 4) is 45.6 Å². The molecule has 56 heavy (non-hydrogen) atoms. The fourth-order valence-electron chi connectivity index (χ4n) is 8.98. The van der Waals surface area contributed by atoms with Crippen molar-refractivity contribution in [1.29, 1.82) is 0 Å². The molecule has 2 saturated carbocycles. The summed E-state index contributed by atoms with van der Waals surface area (Å²) in [5, 5.41) is 75.5. The van der Waals surface area contributed by atoms with Crippen molar-refractivity contribution in [3.05, 3.63) is 45.5 Å². The summed E-state index contributed by atoms with van der Waals surface area (Å²) >= 11 is 0. The van der Waals surface area contributed by atoms with Crippen LogP contribution < -0.4 is 10.6 Å². The largest absolute Gasteiger partial charge is 0.507 e. The number of aryl methyl sites for hydroxylation is 2. The highest BCUT2D eigenvalue weighted by atomic mass is 16.3. The minimum absolute atomic E-state index is 0.0281. The van der Waals surface area contributed by atoms with Gasteiger partial charge in [-0.25, -0.2) is 0 Å². The second-order valence-electron chi connectivity index (χ2n) is 16.2. The summed E-state index contributed by atoms with van der Waals surface area (Å²) in [6.07, 6.45) is 8.25. The SMILES string of the molecule is Cc1cc2c(C(C)C)c(O)c(O)c(C(=O)C(=O)NC3CCCCC3)c2c(O)c1-c1c(C)cc2c(C(C)C)c(O)c(O)c(C(=O)C(=O)NC3CCCCC3)c2c1O. The van der Waals surface area contributed by atoms with Crippen molar-refractivity contribution in [3.63, 3.8) is 0 Å². The summed E-state index contributed by atoms with van der Waals surface area (Å²) < 4.78 is 0. The van der Waals surface area contributed by atoms with Gasteiger partial charge in [-0.1, -0.05) is 78.4 Å². The van der Waals surface area contributed by atoms with Gasteiger partial charge in [0.1, 0.15) is 11.5 Å². The molecule has 4 aromatic carbocycles. The number of hydrogen-bond acceptors (Lipinski definition) is 10. The lowest BCUT2D eigenvalue weighted by atomic mass is 9.82. The maximum atomic E-state index is 14.0. The Labute approximate surface area is 325 Å². The fourth-order valence-corrected chi connectivity index (χ4v) is 8.98. The minimum Gasteiger partial charge on any atom is -0.507 e. The molecule has 0 unspecified atom stereocenters. The van der Waals surface area contributed by atoms with E-state index >= 15 is 0 Å². The lowest BCUT2D eigenvalue weighted by molar-refractivity contribution is -0.118. The third kappa shape index (κ3) is 6.83. The van der Waals surface area contributed by atoms with Crippen LogP contribution in [0.3, 0.4) is 0 Å². The minimum atomic E-state index is -1.17. The Kier molecular flexibility index (Phi) is 11.1. The Balaban J connectivity index is 1.64. The number of carbonyl (C=O) groups is 4. The highest BCUT2D eigenvalue weighted by Gasteiger charge is 2.36. The van der Waals surface area contributed by atoms with Crippen molar-refractivity contribution < 1.29 is 49.8 Å². The molecule has 8 N–H and O–H groups in total. The smallest absolute Gasteiger partial charge is 0.292 e. The van der Waals surface area contributed by atoms with Crippen molar-refractivity contribution in [1.82, 2.24) is 10.6 Å². The van der Waals surface area contributed by atoms with E-state index in [4.69, 9.17) is 0 Å². The number of ketones is 2. The van der Waals surface area contributed by atoms with Gasteiger partial charge in [-0.2, -0.15) is 0 Å². The Morgan fingerprint density at radius 1 is 0.518 bits per heavy atom. The number of aromatic hydroxyl groups is 6. The topological polar surface area (TPSA) is 214 Å². The van der Waals surface area contributed by atoms with E-state index < -0.39 is 80.8 Å². The highest BCUT2D eigenvalue weighted by Crippen LogP contribution is 2.55. The van der Waals surface area contributed by atoms with Crippen LogP contribution in [0.5, 0.6) is 34.5 Å². The zero-order valence-electron chi connectivity index (χ0n) is 32.9. The molecule has 2 fully saturated rings. The van der Waals surface area contributed by atoms with Gasteiger partial charge in [-0.3, -0.25) is 19.2 Å². The van der Waals surface area contributed by atoms with E-state index in [0.29, 0.717) is 36.8 Å². The maximum Gasteiger partial charge on any atom is 0.292 e. The van der Waals surface area contributed by atoms with Crippen molar-refractivity contribution in [2.75, 3.05) is 0 Å². The molecule has 0 spiro atoms. The predicted molar refractivity (Wildman–Crippen MR) is 213 cm³/mol. The van der Waals surface area contributed by atoms with Gasteiger partial charge in [0.15, 0.2) is 23.0 Å². The number of amides is 2. The Morgan fingerprint density at radius 3 is 1.14 bits per heavy atom. The number of phenolic OH excluding ortho intramolecular Hbond substituents is 6. The summed E-state index contributed by atoms with van der Waals surface area (Å²) in [6, 6.07) is 2.65. The van der Waals surface area contributed by atoms with Crippen LogP contribution in [-0.2, 0) is 9.59 Å². The Hall–Kier alpha value is -5.52. The van der Waals surface area contributed by atoms with Crippen LogP contribution >= 0.6 is 0 Å². The van der Waals surface area contributed by atoms with Crippen LogP contribution in [0.4, 0.5) is 0 Å². The van der Waals surface area contributed by atoms with E-state index in [2.05, 4.69) is 10.6 Å². The van der Waals surface area contributed by atoms with E-state index in [1.54, 1.807) is 53.7 Å². The van der Waals surface area contributed by atoms with Crippen LogP contribution in [0.15, 0.2) is 12.1 Å². The molecule has 4 aromatic rings. The van der Waals surface area contributed by atoms with E-state index in [9.17, 15) is 49.8 Å². The van der Waals surface area contributed by atoms with Crippen molar-refractivity contribution >= 4 is 44.9 Å². The Morgan fingerprint density at radius 2 is 0.839 bits per heavy atom. The summed E-state index contributed by atoms with van der Waals surface area (Å²) in [4.78, 5) is 55.0. The fraction of sp³-hybridized carbons (Fsp3) is 0.455. The van der Waals surface area contributed by atoms with Gasteiger partial charge in [-0.05, 0) is 73.3 Å². The Bertz CT molecular complexity index is 2130. The zero-order valence-corrected chi connectivity index (χ0v) is 32.9. The van der Waals surface area contributed by atoms with Crippen LogP contribution in [0.25, 0.3) is 32.7 Å². The highest BCUT2D eigenvalue weighted by molar-refractivity contribution is 6.47. The third-order valence-electron chi connectivity index (χ3n) is 11.7. The molecule has 0 bridgehead atoms. The molecule has 2 aliphatic rings. The first-order chi connectivity index (χ1) is 26.5. The predicted octanol–water partition coefficient (Wildman–Crippen LogP) is 8.02. The first-order valence-corrected chi connectivity index (χ1v) is 19.7. The number of rotatable bonds is 9. The molecule has 6 rings (SSSR count). The van der Waals surface area contributed by atoms with E-state index in [1.165, 1.54) is 0 Å². The summed E-state index contributed by atoms with van der Waals surface area (Å²) in [7, 11) is 0. The van der Waals surface area contributed by atoms with Gasteiger partial charge in [0.2, 0.25) is 0 Å². The maximum absolute atomic E-state index is 14.0. The monoisotopic (exact) mass is 768 g/mol. The normalized spacial score (nSPS) is 15.5. The van der Waals surface area contributed by atoms with Gasteiger partial charge >= 0.3 is 0 Å². The number of nitrogens with one attached hydrogen (secondary N) is 2. The molecule has 0 aliphatic heterocycles. The summed E-state index contributed by atoms with van der Waals surface area (Å²) in [5.41, 5.74) is -0.174. The lowest BCUT2D eigenvalue weighted by Gasteiger charge is -2.25. The molecule has 12 nitrogen and oxygen atoms in total. The van der Waals surface area contributed by atoms with Gasteiger partial charge in [0.25, 0.3) is 23.4 Å². The number of phenols is 6. The summed E-state index contributed by atoms with van der Waals surface area (Å²) in [5.74, 6) is -9.40. The number of hydrogen-bond donors (Lipinski definition) is 8. The van der Waals surface area contributed by atoms with Crippen LogP contribution in [-0.4, -0.2) is 66.1 Å². The average molecular weight is 769 g/mol. The molecule has 2 aliphatic carbocycles. The molecule has 2 amide bonds. The number of fused-ring (bicyclic) bond motifs is 2. The molecule has 0 heterocycles. The van der Waals surface area contributed by atoms with E-state index in [0.717, 1.165) is 38.5 Å². The average Bonchev–Trinajstić information content (AvgIpc) is 3.14. The zero-order chi connectivity index (χ0) is 40.9. The number of benzene rings is 4. The first-order valence-electron chi connectivity index (χ1n) is 19.7. The molecule has 298 valence electrons. The van der Waals surface area contributed by atoms with Gasteiger partial charge < -0.3 is 41.3 Å². The van der Waals surface area contributed by atoms with Crippen molar-refractivity contribution in [2.45, 2.75) is 130 Å². The number of carbonyl (C=O) groups excluding carboxylic acids is 4. The lowest BCUT2D eigenvalue weighted by Crippen LogP contribution is -2.40. The quantitative estimate of drug-likeness (QED) is 0.0466. The molecule has 0 aromatic heterocycles. The van der Waals surface area contributed by atoms with Gasteiger partial charge in [0, 0.05) is 45.1 Å². The third-order valence-corrected chi connectivity index (χ3v) is 11.7. The van der Waals surface area contributed by atoms with Crippen LogP contribution in [0, 0.1) is 13.8 Å². The first kappa shape index (κ1) is 40.2. The van der Waals surface area contributed by atoms with E-state index in [1.807, 2.05) is 0 Å². The molecule has 0 radical (unpaired) electrons. The van der Waals surface area contributed by atoms with E-state index in [-0.39, 0.29) is 55.9 Å². The molecular weight excluding hydrogens is 716 g/mol.